The van der Waals surface area contributed by atoms with Gasteiger partial charge in [0.15, 0.2) is 0 Å². The summed E-state index contributed by atoms with van der Waals surface area (Å²) in [5.41, 5.74) is 5.64. The molecule has 35 heavy (non-hydrogen) atoms. The van der Waals surface area contributed by atoms with Crippen LogP contribution in [0.4, 0.5) is 0 Å². The van der Waals surface area contributed by atoms with Gasteiger partial charge in [0, 0.05) is 49.0 Å². The Balaban J connectivity index is 2.31. The summed E-state index contributed by atoms with van der Waals surface area (Å²) in [7, 11) is 1.96. The molecule has 2 aliphatic heterocycles. The van der Waals surface area contributed by atoms with Gasteiger partial charge in [-0.05, 0) is 89.6 Å². The summed E-state index contributed by atoms with van der Waals surface area (Å²) in [4.78, 5) is 17.0. The monoisotopic (exact) mass is 501 g/mol. The fourth-order valence-corrected chi connectivity index (χ4v) is 5.15. The van der Waals surface area contributed by atoms with E-state index < -0.39 is 11.6 Å². The third-order valence-electron chi connectivity index (χ3n) is 6.59. The van der Waals surface area contributed by atoms with E-state index in [2.05, 4.69) is 42.0 Å². The molecule has 192 valence electrons. The van der Waals surface area contributed by atoms with Crippen molar-refractivity contribution in [2.45, 2.75) is 59.6 Å². The Labute approximate surface area is 215 Å². The molecule has 2 N–H and O–H groups in total. The van der Waals surface area contributed by atoms with Crippen molar-refractivity contribution in [2.75, 3.05) is 39.8 Å². The van der Waals surface area contributed by atoms with Crippen molar-refractivity contribution in [1.29, 1.82) is 0 Å². The third-order valence-corrected chi connectivity index (χ3v) is 6.83. The van der Waals surface area contributed by atoms with E-state index >= 15 is 0 Å². The minimum Gasteiger partial charge on any atom is -0.487 e. The van der Waals surface area contributed by atoms with Crippen LogP contribution in [-0.2, 0) is 4.79 Å². The Morgan fingerprint density at radius 3 is 2.60 bits per heavy atom. The molecule has 0 spiro atoms. The lowest BCUT2D eigenvalue weighted by Crippen LogP contribution is -2.40. The lowest BCUT2D eigenvalue weighted by Gasteiger charge is -2.34. The van der Waals surface area contributed by atoms with Crippen molar-refractivity contribution in [3.05, 3.63) is 57.3 Å². The van der Waals surface area contributed by atoms with Crippen LogP contribution in [0.5, 0.6) is 5.75 Å². The van der Waals surface area contributed by atoms with Crippen molar-refractivity contribution < 1.29 is 14.6 Å². The molecule has 7 heteroatoms. The van der Waals surface area contributed by atoms with Crippen LogP contribution in [0, 0.1) is 0 Å². The van der Waals surface area contributed by atoms with Gasteiger partial charge in [-0.1, -0.05) is 17.2 Å². The van der Waals surface area contributed by atoms with Gasteiger partial charge in [0.1, 0.15) is 11.4 Å². The van der Waals surface area contributed by atoms with E-state index in [0.717, 1.165) is 54.0 Å². The van der Waals surface area contributed by atoms with Gasteiger partial charge in [-0.25, -0.2) is 0 Å². The van der Waals surface area contributed by atoms with E-state index in [1.165, 1.54) is 5.70 Å². The van der Waals surface area contributed by atoms with Gasteiger partial charge in [0.05, 0.1) is 12.5 Å². The fraction of sp³-hybridized carbons (Fsp3) is 0.536. The molecule has 0 amide bonds. The largest absolute Gasteiger partial charge is 0.487 e. The highest BCUT2D eigenvalue weighted by Gasteiger charge is 2.32. The molecule has 2 aliphatic rings. The summed E-state index contributed by atoms with van der Waals surface area (Å²) in [5, 5.41) is 13.8. The average molecular weight is 502 g/mol. The maximum Gasteiger partial charge on any atom is 0.307 e. The minimum absolute atomic E-state index is 0.0538. The molecule has 1 unspecified atom stereocenters. The third kappa shape index (κ3) is 6.69. The Morgan fingerprint density at radius 1 is 1.26 bits per heavy atom. The Kier molecular flexibility index (Phi) is 8.73. The smallest absolute Gasteiger partial charge is 0.307 e. The molecule has 0 aromatic heterocycles. The van der Waals surface area contributed by atoms with Gasteiger partial charge in [-0.2, -0.15) is 0 Å². The van der Waals surface area contributed by atoms with Crippen LogP contribution in [0.15, 0.2) is 46.7 Å². The van der Waals surface area contributed by atoms with Crippen LogP contribution in [0.1, 0.15) is 53.5 Å². The second kappa shape index (κ2) is 11.2. The number of fused-ring (bicyclic) bond motifs is 2. The first kappa shape index (κ1) is 27.3. The fourth-order valence-electron chi connectivity index (χ4n) is 4.99. The number of carboxylic acids is 1. The molecule has 3 rings (SSSR count). The summed E-state index contributed by atoms with van der Waals surface area (Å²) < 4.78 is 6.38. The number of aliphatic carboxylic acids is 1. The quantitative estimate of drug-likeness (QED) is 0.535. The molecule has 1 atom stereocenters. The number of ether oxygens (including phenoxy) is 1. The topological polar surface area (TPSA) is 65.0 Å². The lowest BCUT2D eigenvalue weighted by atomic mass is 9.85. The molecule has 1 aromatic rings. The Hall–Kier alpha value is -2.28. The van der Waals surface area contributed by atoms with Gasteiger partial charge >= 0.3 is 5.97 Å². The standard InChI is InChI=1S/C28H40ClN3O3/c1-18-17-31(11-10-30-7)12-13-32-19(2)14-24(20(32)3)27(23(18)16-26(33)34)22-9-8-21(29)15-25(22)35-28(4,5)6/h8-9,14-15,20,30H,10-13,16-17H2,1-7H3,(H,33,34)/b23-18-,27-24-. The number of halogens is 1. The molecule has 0 saturated heterocycles. The summed E-state index contributed by atoms with van der Waals surface area (Å²) in [6, 6.07) is 5.79. The molecule has 0 radical (unpaired) electrons. The molecule has 0 saturated carbocycles. The van der Waals surface area contributed by atoms with Crippen LogP contribution in [0.25, 0.3) is 5.57 Å². The van der Waals surface area contributed by atoms with E-state index in [0.29, 0.717) is 17.3 Å². The summed E-state index contributed by atoms with van der Waals surface area (Å²) in [5.74, 6) is -0.171. The number of rotatable bonds is 7. The highest BCUT2D eigenvalue weighted by Crippen LogP contribution is 2.43. The maximum atomic E-state index is 12.2. The summed E-state index contributed by atoms with van der Waals surface area (Å²) in [6.07, 6.45) is 2.16. The molecular formula is C28H40ClN3O3. The van der Waals surface area contributed by atoms with Crippen molar-refractivity contribution in [1.82, 2.24) is 15.1 Å². The highest BCUT2D eigenvalue weighted by atomic mass is 35.5. The van der Waals surface area contributed by atoms with Crippen LogP contribution in [0.3, 0.4) is 0 Å². The highest BCUT2D eigenvalue weighted by molar-refractivity contribution is 6.30. The van der Waals surface area contributed by atoms with E-state index in [1.807, 2.05) is 46.0 Å². The van der Waals surface area contributed by atoms with Gasteiger partial charge in [0.2, 0.25) is 0 Å². The van der Waals surface area contributed by atoms with E-state index in [-0.39, 0.29) is 12.5 Å². The molecule has 0 aliphatic carbocycles. The van der Waals surface area contributed by atoms with Crippen LogP contribution in [-0.4, -0.2) is 72.3 Å². The molecule has 1 aromatic carbocycles. The van der Waals surface area contributed by atoms with Crippen molar-refractivity contribution >= 4 is 23.1 Å². The number of allylic oxidation sites excluding steroid dienone is 2. The number of likely N-dealkylation sites (N-methyl/N-ethyl adjacent to an activating group) is 1. The van der Waals surface area contributed by atoms with Crippen LogP contribution < -0.4 is 10.1 Å². The normalized spacial score (nSPS) is 23.9. The van der Waals surface area contributed by atoms with Crippen LogP contribution in [0.2, 0.25) is 5.02 Å². The van der Waals surface area contributed by atoms with Crippen LogP contribution >= 0.6 is 11.6 Å². The molecule has 2 bridgehead atoms. The first-order chi connectivity index (χ1) is 16.4. The number of carbonyl (C=O) groups is 1. The number of benzene rings is 1. The zero-order chi connectivity index (χ0) is 25.9. The number of nitrogens with zero attached hydrogens (tertiary/aromatic N) is 2. The van der Waals surface area contributed by atoms with E-state index in [9.17, 15) is 9.90 Å². The van der Waals surface area contributed by atoms with Gasteiger partial charge < -0.3 is 20.1 Å². The SMILES string of the molecule is CNCCN1CCN2C(C)=C/C(=C(c3ccc(Cl)cc3OC(C)(C)C)/C(CC(=O)O)=C(/C)C1)C2C. The maximum absolute atomic E-state index is 12.2. The summed E-state index contributed by atoms with van der Waals surface area (Å²) in [6.45, 7) is 16.7. The predicted octanol–water partition coefficient (Wildman–Crippen LogP) is 5.21. The van der Waals surface area contributed by atoms with Crippen molar-refractivity contribution in [3.8, 4) is 5.75 Å². The summed E-state index contributed by atoms with van der Waals surface area (Å²) >= 11 is 6.40. The number of hydrogen-bond acceptors (Lipinski definition) is 5. The van der Waals surface area contributed by atoms with E-state index in [4.69, 9.17) is 16.3 Å². The molecular weight excluding hydrogens is 462 g/mol. The van der Waals surface area contributed by atoms with Gasteiger partial charge in [-0.15, -0.1) is 0 Å². The second-order valence-corrected chi connectivity index (χ2v) is 11.0. The molecule has 2 heterocycles. The lowest BCUT2D eigenvalue weighted by molar-refractivity contribution is -0.136. The Morgan fingerprint density at radius 2 is 1.97 bits per heavy atom. The second-order valence-electron chi connectivity index (χ2n) is 10.5. The molecule has 0 fully saturated rings. The van der Waals surface area contributed by atoms with Gasteiger partial charge in [-0.3, -0.25) is 9.69 Å². The van der Waals surface area contributed by atoms with Crippen molar-refractivity contribution in [2.24, 2.45) is 0 Å². The van der Waals surface area contributed by atoms with Gasteiger partial charge in [0.25, 0.3) is 0 Å². The average Bonchev–Trinajstić information content (AvgIpc) is 3.01. The first-order valence-corrected chi connectivity index (χ1v) is 12.7. The Bertz CT molecular complexity index is 1050. The number of carboxylic acid groups (broad SMARTS) is 1. The number of hydrogen-bond donors (Lipinski definition) is 2. The molecule has 6 nitrogen and oxygen atoms in total. The van der Waals surface area contributed by atoms with Crippen molar-refractivity contribution in [3.63, 3.8) is 0 Å². The first-order valence-electron chi connectivity index (χ1n) is 12.4. The number of nitrogens with one attached hydrogen (secondary N) is 1. The minimum atomic E-state index is -0.841. The zero-order valence-electron chi connectivity index (χ0n) is 22.2. The zero-order valence-corrected chi connectivity index (χ0v) is 22.9. The predicted molar refractivity (Wildman–Crippen MR) is 144 cm³/mol. The van der Waals surface area contributed by atoms with E-state index in [1.54, 1.807) is 0 Å².